The summed E-state index contributed by atoms with van der Waals surface area (Å²) in [6.45, 7) is 0.255. The molecule has 0 unspecified atom stereocenters. The quantitative estimate of drug-likeness (QED) is 0.184. The van der Waals surface area contributed by atoms with Crippen molar-refractivity contribution in [3.63, 3.8) is 0 Å². The lowest BCUT2D eigenvalue weighted by Gasteiger charge is -2.26. The number of carbonyl (C=O) groups excluding carboxylic acids is 3. The fourth-order valence-electron chi connectivity index (χ4n) is 4.07. The number of fused-ring (bicyclic) bond motifs is 1. The minimum Gasteiger partial charge on any atom is -0.487 e. The number of nitrogens with zero attached hydrogens (tertiary/aromatic N) is 1. The summed E-state index contributed by atoms with van der Waals surface area (Å²) in [5.74, 6) is -1.13. The number of hydrogen-bond acceptors (Lipinski definition) is 4. The Bertz CT molecular complexity index is 1610. The van der Waals surface area contributed by atoms with Gasteiger partial charge in [-0.25, -0.2) is 9.69 Å². The highest BCUT2D eigenvalue weighted by molar-refractivity contribution is 9.11. The Morgan fingerprint density at radius 1 is 0.919 bits per heavy atom. The zero-order valence-electron chi connectivity index (χ0n) is 19.0. The van der Waals surface area contributed by atoms with Gasteiger partial charge in [-0.15, -0.1) is 0 Å². The van der Waals surface area contributed by atoms with Gasteiger partial charge in [-0.1, -0.05) is 76.1 Å². The molecular formula is C28H17Br2ClN2O4. The van der Waals surface area contributed by atoms with E-state index in [1.807, 2.05) is 48.5 Å². The van der Waals surface area contributed by atoms with Crippen molar-refractivity contribution in [1.82, 2.24) is 5.32 Å². The van der Waals surface area contributed by atoms with Crippen LogP contribution in [0.25, 0.3) is 16.8 Å². The van der Waals surface area contributed by atoms with Crippen molar-refractivity contribution in [3.8, 4) is 5.75 Å². The number of imide groups is 2. The van der Waals surface area contributed by atoms with Crippen LogP contribution in [0.3, 0.4) is 0 Å². The number of benzene rings is 4. The molecule has 184 valence electrons. The van der Waals surface area contributed by atoms with Crippen LogP contribution in [0.5, 0.6) is 5.75 Å². The maximum Gasteiger partial charge on any atom is 0.335 e. The molecule has 0 aliphatic carbocycles. The van der Waals surface area contributed by atoms with Crippen LogP contribution in [-0.2, 0) is 16.2 Å². The second-order valence-electron chi connectivity index (χ2n) is 8.17. The summed E-state index contributed by atoms with van der Waals surface area (Å²) in [5, 5.41) is 4.73. The molecule has 4 amide bonds. The zero-order valence-corrected chi connectivity index (χ0v) is 22.9. The molecule has 1 aliphatic rings. The first kappa shape index (κ1) is 25.2. The lowest BCUT2D eigenvalue weighted by molar-refractivity contribution is -0.122. The average molecular weight is 641 g/mol. The van der Waals surface area contributed by atoms with Crippen molar-refractivity contribution in [3.05, 3.63) is 110 Å². The first-order valence-electron chi connectivity index (χ1n) is 11.1. The van der Waals surface area contributed by atoms with E-state index in [2.05, 4.69) is 37.2 Å². The number of rotatable bonds is 5. The summed E-state index contributed by atoms with van der Waals surface area (Å²) < 4.78 is 7.55. The van der Waals surface area contributed by atoms with Crippen LogP contribution in [0.15, 0.2) is 93.4 Å². The third-order valence-electron chi connectivity index (χ3n) is 5.76. The molecule has 1 N–H and O–H groups in total. The SMILES string of the molecule is O=C1NC(=O)N(c2cccc(Cl)c2)C(=O)/C1=C/c1cc(Br)cc(Br)c1OCc1cccc2ccccc12. The van der Waals surface area contributed by atoms with Crippen LogP contribution in [0.2, 0.25) is 5.02 Å². The number of halogens is 3. The second-order valence-corrected chi connectivity index (χ2v) is 10.4. The maximum absolute atomic E-state index is 13.3. The van der Waals surface area contributed by atoms with E-state index < -0.39 is 17.8 Å². The average Bonchev–Trinajstić information content (AvgIpc) is 2.86. The molecule has 6 nitrogen and oxygen atoms in total. The van der Waals surface area contributed by atoms with Crippen molar-refractivity contribution >= 4 is 83.8 Å². The Balaban J connectivity index is 1.52. The summed E-state index contributed by atoms with van der Waals surface area (Å²) in [5.41, 5.74) is 1.48. The summed E-state index contributed by atoms with van der Waals surface area (Å²) in [7, 11) is 0. The van der Waals surface area contributed by atoms with E-state index in [1.165, 1.54) is 12.1 Å². The molecule has 1 fully saturated rings. The van der Waals surface area contributed by atoms with Gasteiger partial charge in [0.1, 0.15) is 17.9 Å². The van der Waals surface area contributed by atoms with Gasteiger partial charge in [0.2, 0.25) is 0 Å². The van der Waals surface area contributed by atoms with Gasteiger partial charge in [0, 0.05) is 15.1 Å². The Morgan fingerprint density at radius 3 is 2.49 bits per heavy atom. The third kappa shape index (κ3) is 5.18. The Hall–Kier alpha value is -3.46. The minimum atomic E-state index is -0.850. The van der Waals surface area contributed by atoms with E-state index in [4.69, 9.17) is 16.3 Å². The summed E-state index contributed by atoms with van der Waals surface area (Å²) in [4.78, 5) is 39.5. The fraction of sp³-hybridized carbons (Fsp3) is 0.0357. The molecule has 1 saturated heterocycles. The highest BCUT2D eigenvalue weighted by atomic mass is 79.9. The van der Waals surface area contributed by atoms with Crippen molar-refractivity contribution in [1.29, 1.82) is 0 Å². The van der Waals surface area contributed by atoms with E-state index in [0.717, 1.165) is 21.2 Å². The van der Waals surface area contributed by atoms with Gasteiger partial charge in [-0.3, -0.25) is 14.9 Å². The van der Waals surface area contributed by atoms with Crippen LogP contribution in [-0.4, -0.2) is 17.8 Å². The number of nitrogens with one attached hydrogen (secondary N) is 1. The Labute approximate surface area is 234 Å². The summed E-state index contributed by atoms with van der Waals surface area (Å²) >= 11 is 13.0. The van der Waals surface area contributed by atoms with Crippen LogP contribution in [0.4, 0.5) is 10.5 Å². The van der Waals surface area contributed by atoms with Crippen LogP contribution >= 0.6 is 43.5 Å². The number of carbonyl (C=O) groups is 3. The highest BCUT2D eigenvalue weighted by Gasteiger charge is 2.37. The molecule has 1 heterocycles. The monoisotopic (exact) mass is 638 g/mol. The molecule has 4 aromatic carbocycles. The molecule has 5 rings (SSSR count). The van der Waals surface area contributed by atoms with Crippen LogP contribution < -0.4 is 15.0 Å². The number of barbiturate groups is 1. The zero-order chi connectivity index (χ0) is 26.1. The molecule has 9 heteroatoms. The van der Waals surface area contributed by atoms with Crippen LogP contribution in [0, 0.1) is 0 Å². The van der Waals surface area contributed by atoms with Crippen LogP contribution in [0.1, 0.15) is 11.1 Å². The van der Waals surface area contributed by atoms with E-state index in [0.29, 0.717) is 25.3 Å². The highest BCUT2D eigenvalue weighted by Crippen LogP contribution is 2.36. The number of amides is 4. The van der Waals surface area contributed by atoms with Gasteiger partial charge in [-0.2, -0.15) is 0 Å². The van der Waals surface area contributed by atoms with E-state index in [1.54, 1.807) is 24.3 Å². The Morgan fingerprint density at radius 2 is 1.68 bits per heavy atom. The predicted molar refractivity (Wildman–Crippen MR) is 151 cm³/mol. The largest absolute Gasteiger partial charge is 0.487 e. The Kier molecular flexibility index (Phi) is 7.15. The molecule has 4 aromatic rings. The van der Waals surface area contributed by atoms with Gasteiger partial charge >= 0.3 is 6.03 Å². The minimum absolute atomic E-state index is 0.223. The maximum atomic E-state index is 13.3. The number of hydrogen-bond donors (Lipinski definition) is 1. The number of urea groups is 1. The number of anilines is 1. The van der Waals surface area contributed by atoms with Crippen molar-refractivity contribution in [2.24, 2.45) is 0 Å². The molecule has 1 aliphatic heterocycles. The molecular weight excluding hydrogens is 624 g/mol. The lowest BCUT2D eigenvalue weighted by Crippen LogP contribution is -2.54. The van der Waals surface area contributed by atoms with Crippen molar-refractivity contribution in [2.75, 3.05) is 4.90 Å². The first-order valence-corrected chi connectivity index (χ1v) is 13.0. The summed E-state index contributed by atoms with van der Waals surface area (Å²) in [6.07, 6.45) is 1.41. The molecule has 0 radical (unpaired) electrons. The van der Waals surface area contributed by atoms with Gasteiger partial charge in [0.25, 0.3) is 11.8 Å². The number of ether oxygens (including phenoxy) is 1. The van der Waals surface area contributed by atoms with E-state index in [9.17, 15) is 14.4 Å². The molecule has 0 spiro atoms. The molecule has 37 heavy (non-hydrogen) atoms. The van der Waals surface area contributed by atoms with Gasteiger partial charge in [-0.05, 0) is 68.7 Å². The molecule has 0 saturated carbocycles. The predicted octanol–water partition coefficient (Wildman–Crippen LogP) is 7.26. The van der Waals surface area contributed by atoms with Gasteiger partial charge < -0.3 is 4.74 Å². The first-order chi connectivity index (χ1) is 17.8. The van der Waals surface area contributed by atoms with Gasteiger partial charge in [0.05, 0.1) is 10.2 Å². The third-order valence-corrected chi connectivity index (χ3v) is 7.04. The van der Waals surface area contributed by atoms with E-state index in [-0.39, 0.29) is 17.9 Å². The normalized spacial score (nSPS) is 14.8. The second kappa shape index (κ2) is 10.5. The smallest absolute Gasteiger partial charge is 0.335 e. The molecule has 0 aromatic heterocycles. The van der Waals surface area contributed by atoms with Crippen molar-refractivity contribution in [2.45, 2.75) is 6.61 Å². The summed E-state index contributed by atoms with van der Waals surface area (Å²) in [6, 6.07) is 23.0. The lowest BCUT2D eigenvalue weighted by atomic mass is 10.0. The van der Waals surface area contributed by atoms with Gasteiger partial charge in [0.15, 0.2) is 0 Å². The standard InChI is InChI=1S/C28H17Br2ClN2O4/c29-19-11-18(12-23-26(34)32-28(36)33(27(23)35)21-9-4-8-20(31)14-21)25(24(30)13-19)37-15-17-7-3-6-16-5-1-2-10-22(16)17/h1-14H,15H2,(H,32,34,36)/b23-12+. The molecule has 0 atom stereocenters. The topological polar surface area (TPSA) is 75.7 Å². The molecule has 0 bridgehead atoms. The fourth-order valence-corrected chi connectivity index (χ4v) is 5.63. The van der Waals surface area contributed by atoms with E-state index >= 15 is 0 Å². The van der Waals surface area contributed by atoms with Crippen molar-refractivity contribution < 1.29 is 19.1 Å².